The van der Waals surface area contributed by atoms with E-state index in [1.165, 1.54) is 0 Å². The highest BCUT2D eigenvalue weighted by Crippen LogP contribution is 2.32. The summed E-state index contributed by atoms with van der Waals surface area (Å²) in [5.74, 6) is 1.80. The topological polar surface area (TPSA) is 60.7 Å². The maximum atomic E-state index is 12.1. The van der Waals surface area contributed by atoms with Crippen LogP contribution in [0, 0.1) is 0 Å². The van der Waals surface area contributed by atoms with Crippen molar-refractivity contribution in [1.29, 1.82) is 0 Å². The fourth-order valence-corrected chi connectivity index (χ4v) is 2.26. The third kappa shape index (κ3) is 3.76. The summed E-state index contributed by atoms with van der Waals surface area (Å²) in [5.41, 5.74) is 1.30. The first-order valence-electron chi connectivity index (χ1n) is 7.61. The van der Waals surface area contributed by atoms with E-state index in [9.17, 15) is 4.79 Å². The minimum atomic E-state index is -0.571. The van der Waals surface area contributed by atoms with Gasteiger partial charge in [-0.1, -0.05) is 18.2 Å². The van der Waals surface area contributed by atoms with Gasteiger partial charge >= 0.3 is 6.09 Å². The summed E-state index contributed by atoms with van der Waals surface area (Å²) >= 11 is 0. The number of rotatable bonds is 5. The number of hydrogen-bond donors (Lipinski definition) is 1. The number of hydrogen-bond acceptors (Lipinski definition) is 4. The first-order valence-corrected chi connectivity index (χ1v) is 7.61. The normalized spacial score (nSPS) is 10.2. The first-order chi connectivity index (χ1) is 11.8. The molecule has 0 bridgehead atoms. The average molecular weight is 323 g/mol. The van der Waals surface area contributed by atoms with E-state index in [0.717, 1.165) is 5.56 Å². The molecule has 5 nitrogen and oxygen atoms in total. The molecule has 24 heavy (non-hydrogen) atoms. The summed E-state index contributed by atoms with van der Waals surface area (Å²) in [4.78, 5) is 12.1. The Bertz CT molecular complexity index is 797. The largest absolute Gasteiger partial charge is 0.494 e. The van der Waals surface area contributed by atoms with Crippen LogP contribution in [0.5, 0.6) is 11.5 Å². The van der Waals surface area contributed by atoms with Crippen molar-refractivity contribution in [3.05, 3.63) is 66.9 Å². The van der Waals surface area contributed by atoms with E-state index in [1.807, 2.05) is 25.1 Å². The molecule has 122 valence electrons. The van der Waals surface area contributed by atoms with E-state index in [1.54, 1.807) is 48.7 Å². The van der Waals surface area contributed by atoms with Gasteiger partial charge in [0, 0.05) is 5.56 Å². The summed E-state index contributed by atoms with van der Waals surface area (Å²) in [7, 11) is 0. The van der Waals surface area contributed by atoms with Gasteiger partial charge in [-0.25, -0.2) is 4.79 Å². The SMILES string of the molecule is CCOc1ccc(NC(=O)Oc2ccccc2)c(-c2ccco2)c1. The van der Waals surface area contributed by atoms with Gasteiger partial charge in [-0.3, -0.25) is 5.32 Å². The lowest BCUT2D eigenvalue weighted by Gasteiger charge is -2.12. The highest BCUT2D eigenvalue weighted by molar-refractivity contribution is 5.92. The molecule has 0 radical (unpaired) electrons. The summed E-state index contributed by atoms with van der Waals surface area (Å²) in [6.07, 6.45) is 1.01. The van der Waals surface area contributed by atoms with E-state index in [2.05, 4.69) is 5.32 Å². The molecule has 0 aliphatic rings. The summed E-state index contributed by atoms with van der Waals surface area (Å²) < 4.78 is 16.2. The van der Waals surface area contributed by atoms with Gasteiger partial charge in [0.25, 0.3) is 0 Å². The predicted molar refractivity (Wildman–Crippen MR) is 91.4 cm³/mol. The molecule has 0 aliphatic heterocycles. The molecule has 0 unspecified atom stereocenters. The Kier molecular flexibility index (Phi) is 4.81. The van der Waals surface area contributed by atoms with E-state index in [-0.39, 0.29) is 0 Å². The zero-order valence-corrected chi connectivity index (χ0v) is 13.2. The number of ether oxygens (including phenoxy) is 2. The zero-order valence-electron chi connectivity index (χ0n) is 13.2. The molecule has 3 rings (SSSR count). The van der Waals surface area contributed by atoms with Gasteiger partial charge in [-0.2, -0.15) is 0 Å². The Morgan fingerprint density at radius 2 is 1.88 bits per heavy atom. The van der Waals surface area contributed by atoms with Crippen molar-refractivity contribution in [2.24, 2.45) is 0 Å². The van der Waals surface area contributed by atoms with Crippen LogP contribution < -0.4 is 14.8 Å². The predicted octanol–water partition coefficient (Wildman–Crippen LogP) is 4.96. The van der Waals surface area contributed by atoms with Crippen LogP contribution in [0.4, 0.5) is 10.5 Å². The Morgan fingerprint density at radius 3 is 2.58 bits per heavy atom. The van der Waals surface area contributed by atoms with Crippen molar-refractivity contribution in [1.82, 2.24) is 0 Å². The van der Waals surface area contributed by atoms with Crippen LogP contribution in [0.15, 0.2) is 71.3 Å². The maximum absolute atomic E-state index is 12.1. The molecule has 2 aromatic carbocycles. The molecule has 0 spiro atoms. The van der Waals surface area contributed by atoms with Gasteiger partial charge in [-0.05, 0) is 49.4 Å². The molecule has 0 saturated carbocycles. The number of carbonyl (C=O) groups excluding carboxylic acids is 1. The molecule has 1 N–H and O–H groups in total. The van der Waals surface area contributed by atoms with E-state index in [4.69, 9.17) is 13.9 Å². The minimum Gasteiger partial charge on any atom is -0.494 e. The van der Waals surface area contributed by atoms with Gasteiger partial charge < -0.3 is 13.9 Å². The monoisotopic (exact) mass is 323 g/mol. The van der Waals surface area contributed by atoms with Crippen LogP contribution in [-0.4, -0.2) is 12.7 Å². The van der Waals surface area contributed by atoms with Crippen LogP contribution >= 0.6 is 0 Å². The van der Waals surface area contributed by atoms with Crippen LogP contribution in [-0.2, 0) is 0 Å². The molecule has 0 saturated heterocycles. The van der Waals surface area contributed by atoms with E-state index in [0.29, 0.717) is 29.6 Å². The Balaban J connectivity index is 1.83. The number of para-hydroxylation sites is 1. The van der Waals surface area contributed by atoms with E-state index < -0.39 is 6.09 Å². The molecular formula is C19H17NO4. The smallest absolute Gasteiger partial charge is 0.417 e. The molecule has 5 heteroatoms. The lowest BCUT2D eigenvalue weighted by Crippen LogP contribution is -2.17. The molecule has 1 amide bonds. The van der Waals surface area contributed by atoms with Crippen LogP contribution in [0.25, 0.3) is 11.3 Å². The van der Waals surface area contributed by atoms with Gasteiger partial charge in [0.2, 0.25) is 0 Å². The second kappa shape index (κ2) is 7.37. The Hall–Kier alpha value is -3.21. The van der Waals surface area contributed by atoms with Crippen molar-refractivity contribution in [3.8, 4) is 22.8 Å². The van der Waals surface area contributed by atoms with Gasteiger partial charge in [0.1, 0.15) is 17.3 Å². The van der Waals surface area contributed by atoms with Crippen LogP contribution in [0.1, 0.15) is 6.92 Å². The van der Waals surface area contributed by atoms with Gasteiger partial charge in [0.05, 0.1) is 18.6 Å². The van der Waals surface area contributed by atoms with Crippen LogP contribution in [0.3, 0.4) is 0 Å². The number of amides is 1. The Labute approximate surface area is 139 Å². The minimum absolute atomic E-state index is 0.473. The summed E-state index contributed by atoms with van der Waals surface area (Å²) in [6.45, 7) is 2.47. The van der Waals surface area contributed by atoms with Gasteiger partial charge in [0.15, 0.2) is 0 Å². The molecule has 0 fully saturated rings. The molecule has 3 aromatic rings. The lowest BCUT2D eigenvalue weighted by molar-refractivity contribution is 0.215. The summed E-state index contributed by atoms with van der Waals surface area (Å²) in [5, 5.41) is 2.74. The Morgan fingerprint density at radius 1 is 1.04 bits per heavy atom. The van der Waals surface area contributed by atoms with Crippen LogP contribution in [0.2, 0.25) is 0 Å². The fraction of sp³-hybridized carbons (Fsp3) is 0.105. The molecule has 1 heterocycles. The van der Waals surface area contributed by atoms with E-state index >= 15 is 0 Å². The van der Waals surface area contributed by atoms with Crippen molar-refractivity contribution >= 4 is 11.8 Å². The molecule has 0 aliphatic carbocycles. The molecule has 1 aromatic heterocycles. The number of furan rings is 1. The zero-order chi connectivity index (χ0) is 16.8. The molecular weight excluding hydrogens is 306 g/mol. The second-order valence-corrected chi connectivity index (χ2v) is 4.95. The van der Waals surface area contributed by atoms with Crippen molar-refractivity contribution < 1.29 is 18.7 Å². The van der Waals surface area contributed by atoms with Gasteiger partial charge in [-0.15, -0.1) is 0 Å². The second-order valence-electron chi connectivity index (χ2n) is 4.95. The highest BCUT2D eigenvalue weighted by atomic mass is 16.6. The standard InChI is InChI=1S/C19H17NO4/c1-2-22-15-10-11-17(16(13-15)18-9-6-12-23-18)20-19(21)24-14-7-4-3-5-8-14/h3-13H,2H2,1H3,(H,20,21). The number of anilines is 1. The molecule has 0 atom stereocenters. The fourth-order valence-electron chi connectivity index (χ4n) is 2.26. The van der Waals surface area contributed by atoms with Crippen molar-refractivity contribution in [2.45, 2.75) is 6.92 Å². The average Bonchev–Trinajstić information content (AvgIpc) is 3.12. The quantitative estimate of drug-likeness (QED) is 0.721. The summed E-state index contributed by atoms with van der Waals surface area (Å²) in [6, 6.07) is 17.8. The third-order valence-corrected chi connectivity index (χ3v) is 3.28. The lowest BCUT2D eigenvalue weighted by atomic mass is 10.1. The third-order valence-electron chi connectivity index (χ3n) is 3.28. The number of carbonyl (C=O) groups is 1. The van der Waals surface area contributed by atoms with Crippen molar-refractivity contribution in [3.63, 3.8) is 0 Å². The maximum Gasteiger partial charge on any atom is 0.417 e. The number of benzene rings is 2. The highest BCUT2D eigenvalue weighted by Gasteiger charge is 2.13. The van der Waals surface area contributed by atoms with Crippen molar-refractivity contribution in [2.75, 3.05) is 11.9 Å². The first kappa shape index (κ1) is 15.7. The number of nitrogens with one attached hydrogen (secondary N) is 1.